The first kappa shape index (κ1) is 28.0. The highest BCUT2D eigenvalue weighted by molar-refractivity contribution is 6.02. The lowest BCUT2D eigenvalue weighted by atomic mass is 10.00. The van der Waals surface area contributed by atoms with E-state index in [2.05, 4.69) is 26.0 Å². The number of nitrogens with zero attached hydrogens (tertiary/aromatic N) is 5. The Morgan fingerprint density at radius 1 is 1.18 bits per heavy atom. The van der Waals surface area contributed by atoms with E-state index in [1.807, 2.05) is 54.6 Å². The third-order valence-electron chi connectivity index (χ3n) is 7.08. The second kappa shape index (κ2) is 11.8. The lowest BCUT2D eigenvalue weighted by Crippen LogP contribution is -2.52. The second-order valence-electron chi connectivity index (χ2n) is 9.45. The van der Waals surface area contributed by atoms with Crippen LogP contribution in [0.15, 0.2) is 54.6 Å². The normalized spacial score (nSPS) is 15.7. The fraction of sp³-hybridized carbons (Fsp3) is 0.321. The number of nitrogens with one attached hydrogen (secondary N) is 2. The highest BCUT2D eigenvalue weighted by Crippen LogP contribution is 2.35. The summed E-state index contributed by atoms with van der Waals surface area (Å²) in [5.41, 5.74) is 3.63. The van der Waals surface area contributed by atoms with Crippen LogP contribution in [0, 0.1) is 0 Å². The molecular weight excluding hydrogens is 518 g/mol. The van der Waals surface area contributed by atoms with Crippen LogP contribution in [0.1, 0.15) is 24.5 Å². The molecule has 1 aliphatic rings. The molecule has 0 spiro atoms. The number of amides is 2. The molecule has 0 unspecified atom stereocenters. The van der Waals surface area contributed by atoms with Crippen molar-refractivity contribution in [2.24, 2.45) is 7.05 Å². The number of tetrazole rings is 1. The summed E-state index contributed by atoms with van der Waals surface area (Å²) in [5, 5.41) is 20.2. The zero-order valence-electron chi connectivity index (χ0n) is 22.3. The van der Waals surface area contributed by atoms with Crippen molar-refractivity contribution < 1.29 is 14.3 Å². The zero-order chi connectivity index (χ0) is 26.8. The van der Waals surface area contributed by atoms with E-state index in [1.165, 1.54) is 4.80 Å². The molecule has 10 nitrogen and oxygen atoms in total. The molecule has 2 N–H and O–H groups in total. The number of anilines is 1. The van der Waals surface area contributed by atoms with Gasteiger partial charge < -0.3 is 20.3 Å². The summed E-state index contributed by atoms with van der Waals surface area (Å²) in [6.07, 6.45) is 1.20. The number of para-hydroxylation sites is 1. The van der Waals surface area contributed by atoms with Crippen LogP contribution in [0.25, 0.3) is 22.2 Å². The number of aryl methyl sites for hydroxylation is 2. The fourth-order valence-electron chi connectivity index (χ4n) is 4.87. The highest BCUT2D eigenvalue weighted by atomic mass is 35.5. The van der Waals surface area contributed by atoms with E-state index in [1.54, 1.807) is 33.0 Å². The van der Waals surface area contributed by atoms with Crippen LogP contribution in [0.4, 0.5) is 5.69 Å². The lowest BCUT2D eigenvalue weighted by Gasteiger charge is -2.28. The van der Waals surface area contributed by atoms with Crippen LogP contribution in [-0.4, -0.2) is 58.3 Å². The van der Waals surface area contributed by atoms with Gasteiger partial charge in [0.2, 0.25) is 17.6 Å². The van der Waals surface area contributed by atoms with Crippen LogP contribution in [0.3, 0.4) is 0 Å². The van der Waals surface area contributed by atoms with Gasteiger partial charge in [0, 0.05) is 16.8 Å². The van der Waals surface area contributed by atoms with Crippen LogP contribution >= 0.6 is 12.4 Å². The maximum atomic E-state index is 14.0. The average molecular weight is 550 g/mol. The van der Waals surface area contributed by atoms with Gasteiger partial charge in [0.05, 0.1) is 26.7 Å². The molecule has 5 rings (SSSR count). The second-order valence-corrected chi connectivity index (χ2v) is 9.45. The molecule has 204 valence electrons. The van der Waals surface area contributed by atoms with Gasteiger partial charge in [-0.2, -0.15) is 4.80 Å². The number of likely N-dealkylation sites (N-methyl/N-ethyl adjacent to an activating group) is 1. The number of hydrogen-bond acceptors (Lipinski definition) is 7. The third kappa shape index (κ3) is 5.57. The van der Waals surface area contributed by atoms with Gasteiger partial charge in [-0.3, -0.25) is 9.59 Å². The summed E-state index contributed by atoms with van der Waals surface area (Å²) in [6.45, 7) is 2.06. The molecule has 2 heterocycles. The van der Waals surface area contributed by atoms with Crippen molar-refractivity contribution in [2.75, 3.05) is 19.1 Å². The van der Waals surface area contributed by atoms with Crippen molar-refractivity contribution in [2.45, 2.75) is 38.4 Å². The Balaban J connectivity index is 0.00000353. The van der Waals surface area contributed by atoms with E-state index in [9.17, 15) is 9.59 Å². The van der Waals surface area contributed by atoms with E-state index in [4.69, 9.17) is 4.74 Å². The van der Waals surface area contributed by atoms with Crippen molar-refractivity contribution in [1.82, 2.24) is 30.8 Å². The molecule has 0 bridgehead atoms. The van der Waals surface area contributed by atoms with E-state index < -0.39 is 12.1 Å². The summed E-state index contributed by atoms with van der Waals surface area (Å²) >= 11 is 0. The molecule has 11 heteroatoms. The van der Waals surface area contributed by atoms with Gasteiger partial charge in [-0.1, -0.05) is 36.4 Å². The quantitative estimate of drug-likeness (QED) is 0.364. The van der Waals surface area contributed by atoms with Crippen LogP contribution in [0.5, 0.6) is 5.75 Å². The molecule has 2 atom stereocenters. The van der Waals surface area contributed by atoms with Gasteiger partial charge in [-0.15, -0.1) is 22.6 Å². The number of aromatic nitrogens is 4. The molecule has 0 aliphatic carbocycles. The van der Waals surface area contributed by atoms with Crippen molar-refractivity contribution in [3.63, 3.8) is 0 Å². The standard InChI is InChI=1S/C28H31N7O3.ClH/c1-17(29-2)27(36)30-23-13-10-18-7-5-6-8-24(18)35(28(23)37)16-22-21-12-9-20(26-31-33-34(3)32-26)15-19(21)11-14-25(22)38-4;/h5-9,11-12,14-15,17,23,29H,10,13,16H2,1-4H3,(H,30,36);1H/t17-,23-;/m0./s1. The topological polar surface area (TPSA) is 114 Å². The van der Waals surface area contributed by atoms with Crippen molar-refractivity contribution in [1.29, 1.82) is 0 Å². The maximum Gasteiger partial charge on any atom is 0.249 e. The number of ether oxygens (including phenoxy) is 1. The first-order valence-corrected chi connectivity index (χ1v) is 12.6. The Morgan fingerprint density at radius 2 is 1.97 bits per heavy atom. The van der Waals surface area contributed by atoms with Gasteiger partial charge in [-0.05, 0) is 66.6 Å². The Hall–Kier alpha value is -4.02. The molecule has 1 aliphatic heterocycles. The molecule has 3 aromatic carbocycles. The van der Waals surface area contributed by atoms with Crippen molar-refractivity contribution in [3.8, 4) is 17.1 Å². The van der Waals surface area contributed by atoms with Gasteiger partial charge in [0.1, 0.15) is 11.8 Å². The van der Waals surface area contributed by atoms with Crippen molar-refractivity contribution in [3.05, 3.63) is 65.7 Å². The number of rotatable bonds is 7. The number of carbonyl (C=O) groups is 2. The Labute approximate surface area is 233 Å². The monoisotopic (exact) mass is 549 g/mol. The number of halogens is 1. The van der Waals surface area contributed by atoms with E-state index in [0.29, 0.717) is 24.4 Å². The lowest BCUT2D eigenvalue weighted by molar-refractivity contribution is -0.128. The minimum atomic E-state index is -0.638. The molecule has 39 heavy (non-hydrogen) atoms. The summed E-state index contributed by atoms with van der Waals surface area (Å²) in [5.74, 6) is 0.871. The fourth-order valence-corrected chi connectivity index (χ4v) is 4.87. The SMILES string of the molecule is CN[C@@H](C)C(=O)N[C@H]1CCc2ccccc2N(Cc2c(OC)ccc3cc(-c4nnn(C)n4)ccc23)C1=O.Cl. The van der Waals surface area contributed by atoms with Gasteiger partial charge in [0.25, 0.3) is 0 Å². The third-order valence-corrected chi connectivity index (χ3v) is 7.08. The van der Waals surface area contributed by atoms with E-state index >= 15 is 0 Å². The smallest absolute Gasteiger partial charge is 0.249 e. The molecule has 2 amide bonds. The van der Waals surface area contributed by atoms with Crippen LogP contribution in [-0.2, 0) is 29.6 Å². The molecule has 0 fully saturated rings. The molecule has 0 radical (unpaired) electrons. The zero-order valence-corrected chi connectivity index (χ0v) is 23.2. The highest BCUT2D eigenvalue weighted by Gasteiger charge is 2.33. The Kier molecular flexibility index (Phi) is 8.47. The van der Waals surface area contributed by atoms with E-state index in [-0.39, 0.29) is 30.8 Å². The summed E-state index contributed by atoms with van der Waals surface area (Å²) in [6, 6.07) is 16.7. The van der Waals surface area contributed by atoms with Gasteiger partial charge in [0.15, 0.2) is 0 Å². The van der Waals surface area contributed by atoms with Crippen LogP contribution in [0.2, 0.25) is 0 Å². The van der Waals surface area contributed by atoms with Crippen molar-refractivity contribution >= 4 is 40.7 Å². The predicted octanol–water partition coefficient (Wildman–Crippen LogP) is 3.03. The first-order valence-electron chi connectivity index (χ1n) is 12.6. The first-order chi connectivity index (χ1) is 18.4. The summed E-state index contributed by atoms with van der Waals surface area (Å²) < 4.78 is 5.75. The predicted molar refractivity (Wildman–Crippen MR) is 152 cm³/mol. The molecule has 0 saturated carbocycles. The molecule has 0 saturated heterocycles. The van der Waals surface area contributed by atoms with E-state index in [0.717, 1.165) is 33.2 Å². The number of benzene rings is 3. The number of carbonyl (C=O) groups excluding carboxylic acids is 2. The minimum absolute atomic E-state index is 0. The Bertz CT molecular complexity index is 1510. The Morgan fingerprint density at radius 3 is 2.69 bits per heavy atom. The summed E-state index contributed by atoms with van der Waals surface area (Å²) in [7, 11) is 5.08. The average Bonchev–Trinajstić information content (AvgIpc) is 3.33. The molecule has 1 aromatic heterocycles. The van der Waals surface area contributed by atoms with Gasteiger partial charge in [-0.25, -0.2) is 0 Å². The molecule has 4 aromatic rings. The largest absolute Gasteiger partial charge is 0.496 e. The van der Waals surface area contributed by atoms with Gasteiger partial charge >= 0.3 is 0 Å². The summed E-state index contributed by atoms with van der Waals surface area (Å²) in [4.78, 5) is 29.8. The number of methoxy groups -OCH3 is 1. The molecular formula is C28H32ClN7O3. The number of hydrogen-bond donors (Lipinski definition) is 2. The minimum Gasteiger partial charge on any atom is -0.496 e. The number of fused-ring (bicyclic) bond motifs is 2. The maximum absolute atomic E-state index is 14.0. The van der Waals surface area contributed by atoms with Crippen LogP contribution < -0.4 is 20.3 Å².